The Labute approximate surface area is 124 Å². The van der Waals surface area contributed by atoms with Gasteiger partial charge in [-0.3, -0.25) is 4.90 Å². The van der Waals surface area contributed by atoms with Gasteiger partial charge in [0.1, 0.15) is 0 Å². The third kappa shape index (κ3) is 3.19. The third-order valence-electron chi connectivity index (χ3n) is 5.83. The van der Waals surface area contributed by atoms with Gasteiger partial charge in [0.2, 0.25) is 0 Å². The van der Waals surface area contributed by atoms with Gasteiger partial charge in [-0.1, -0.05) is 6.92 Å². The molecular weight excluding hydrogens is 250 g/mol. The van der Waals surface area contributed by atoms with E-state index >= 15 is 0 Å². The fourth-order valence-corrected chi connectivity index (χ4v) is 3.94. The van der Waals surface area contributed by atoms with E-state index in [4.69, 9.17) is 10.5 Å². The lowest BCUT2D eigenvalue weighted by atomic mass is 9.77. The zero-order valence-electron chi connectivity index (χ0n) is 13.8. The fourth-order valence-electron chi connectivity index (χ4n) is 3.94. The predicted molar refractivity (Wildman–Crippen MR) is 83.9 cm³/mol. The minimum atomic E-state index is -0.00264. The molecule has 0 spiro atoms. The Morgan fingerprint density at radius 1 is 1.35 bits per heavy atom. The van der Waals surface area contributed by atoms with E-state index in [1.54, 1.807) is 0 Å². The summed E-state index contributed by atoms with van der Waals surface area (Å²) in [6, 6.07) is 0.675. The fraction of sp³-hybridized carbons (Fsp3) is 1.00. The van der Waals surface area contributed by atoms with Crippen LogP contribution in [0.5, 0.6) is 0 Å². The van der Waals surface area contributed by atoms with Crippen molar-refractivity contribution in [3.63, 3.8) is 0 Å². The number of nitrogens with two attached hydrogens (primary N) is 1. The van der Waals surface area contributed by atoms with E-state index in [1.807, 2.05) is 0 Å². The zero-order chi connectivity index (χ0) is 14.8. The Kier molecular flexibility index (Phi) is 5.11. The first-order chi connectivity index (χ1) is 9.45. The molecule has 0 saturated carbocycles. The van der Waals surface area contributed by atoms with E-state index in [1.165, 1.54) is 25.9 Å². The van der Waals surface area contributed by atoms with Crippen LogP contribution in [0.3, 0.4) is 0 Å². The SMILES string of the molecule is CCC1(C)CC(CN)(N(C)C2CCN(C)CC2)CCO1. The van der Waals surface area contributed by atoms with Gasteiger partial charge in [-0.2, -0.15) is 0 Å². The molecular formula is C16H33N3O. The van der Waals surface area contributed by atoms with Crippen molar-refractivity contribution in [1.82, 2.24) is 9.80 Å². The highest BCUT2D eigenvalue weighted by molar-refractivity contribution is 5.01. The van der Waals surface area contributed by atoms with Crippen LogP contribution in [-0.4, -0.2) is 67.3 Å². The van der Waals surface area contributed by atoms with Crippen molar-refractivity contribution in [2.45, 2.75) is 63.1 Å². The molecule has 2 saturated heterocycles. The van der Waals surface area contributed by atoms with Crippen molar-refractivity contribution in [3.8, 4) is 0 Å². The molecule has 0 aliphatic carbocycles. The summed E-state index contributed by atoms with van der Waals surface area (Å²) >= 11 is 0. The van der Waals surface area contributed by atoms with E-state index in [0.717, 1.165) is 32.4 Å². The second-order valence-corrected chi connectivity index (χ2v) is 7.15. The molecule has 4 heteroatoms. The summed E-state index contributed by atoms with van der Waals surface area (Å²) in [5, 5.41) is 0. The highest BCUT2D eigenvalue weighted by Gasteiger charge is 2.46. The van der Waals surface area contributed by atoms with Crippen molar-refractivity contribution in [2.75, 3.05) is 40.3 Å². The minimum Gasteiger partial charge on any atom is -0.375 e. The van der Waals surface area contributed by atoms with Crippen LogP contribution >= 0.6 is 0 Å². The normalized spacial score (nSPS) is 37.5. The summed E-state index contributed by atoms with van der Waals surface area (Å²) in [4.78, 5) is 5.04. The van der Waals surface area contributed by atoms with Gasteiger partial charge in [0.25, 0.3) is 0 Å². The monoisotopic (exact) mass is 283 g/mol. The van der Waals surface area contributed by atoms with E-state index in [0.29, 0.717) is 6.04 Å². The van der Waals surface area contributed by atoms with Gasteiger partial charge in [0.05, 0.1) is 5.60 Å². The van der Waals surface area contributed by atoms with Crippen LogP contribution in [0.15, 0.2) is 0 Å². The van der Waals surface area contributed by atoms with E-state index in [2.05, 4.69) is 37.7 Å². The lowest BCUT2D eigenvalue weighted by Gasteiger charge is -2.53. The molecule has 2 aliphatic heterocycles. The predicted octanol–water partition coefficient (Wildman–Crippen LogP) is 1.69. The van der Waals surface area contributed by atoms with E-state index < -0.39 is 0 Å². The van der Waals surface area contributed by atoms with Gasteiger partial charge in [-0.25, -0.2) is 0 Å². The Hall–Kier alpha value is -0.160. The molecule has 2 rings (SSSR count). The Balaban J connectivity index is 2.09. The summed E-state index contributed by atoms with van der Waals surface area (Å²) in [6.45, 7) is 8.48. The maximum absolute atomic E-state index is 6.24. The number of ether oxygens (including phenoxy) is 1. The largest absolute Gasteiger partial charge is 0.375 e. The van der Waals surface area contributed by atoms with Crippen molar-refractivity contribution in [3.05, 3.63) is 0 Å². The molecule has 2 aliphatic rings. The number of hydrogen-bond donors (Lipinski definition) is 1. The number of likely N-dealkylation sites (N-methyl/N-ethyl adjacent to an activating group) is 1. The highest BCUT2D eigenvalue weighted by atomic mass is 16.5. The van der Waals surface area contributed by atoms with Crippen molar-refractivity contribution in [1.29, 1.82) is 0 Å². The number of hydrogen-bond acceptors (Lipinski definition) is 4. The van der Waals surface area contributed by atoms with Gasteiger partial charge in [-0.15, -0.1) is 0 Å². The van der Waals surface area contributed by atoms with Crippen LogP contribution in [0, 0.1) is 0 Å². The summed E-state index contributed by atoms with van der Waals surface area (Å²) in [5.41, 5.74) is 6.37. The van der Waals surface area contributed by atoms with Crippen LogP contribution < -0.4 is 5.73 Å². The van der Waals surface area contributed by atoms with Gasteiger partial charge >= 0.3 is 0 Å². The quantitative estimate of drug-likeness (QED) is 0.852. The van der Waals surface area contributed by atoms with Crippen LogP contribution in [0.4, 0.5) is 0 Å². The van der Waals surface area contributed by atoms with E-state index in [9.17, 15) is 0 Å². The summed E-state index contributed by atoms with van der Waals surface area (Å²) in [6.07, 6.45) is 5.73. The Morgan fingerprint density at radius 3 is 2.55 bits per heavy atom. The molecule has 0 aromatic carbocycles. The molecule has 0 radical (unpaired) electrons. The van der Waals surface area contributed by atoms with Crippen LogP contribution in [0.2, 0.25) is 0 Å². The van der Waals surface area contributed by atoms with Gasteiger partial charge in [-0.05, 0) is 66.2 Å². The molecule has 2 unspecified atom stereocenters. The summed E-state index contributed by atoms with van der Waals surface area (Å²) in [5.74, 6) is 0. The second kappa shape index (κ2) is 6.30. The molecule has 0 bridgehead atoms. The lowest BCUT2D eigenvalue weighted by molar-refractivity contribution is -0.134. The molecule has 2 N–H and O–H groups in total. The first kappa shape index (κ1) is 16.2. The maximum Gasteiger partial charge on any atom is 0.0670 e. The van der Waals surface area contributed by atoms with Gasteiger partial charge < -0.3 is 15.4 Å². The number of rotatable bonds is 4. The number of likely N-dealkylation sites (tertiary alicyclic amines) is 1. The highest BCUT2D eigenvalue weighted by Crippen LogP contribution is 2.39. The number of piperidine rings is 1. The molecule has 2 atom stereocenters. The lowest BCUT2D eigenvalue weighted by Crippen LogP contribution is -2.63. The third-order valence-corrected chi connectivity index (χ3v) is 5.83. The number of nitrogens with zero attached hydrogens (tertiary/aromatic N) is 2. The molecule has 2 fully saturated rings. The van der Waals surface area contributed by atoms with Crippen molar-refractivity contribution < 1.29 is 4.74 Å². The molecule has 0 aromatic heterocycles. The average Bonchev–Trinajstić information content (AvgIpc) is 2.47. The van der Waals surface area contributed by atoms with Crippen molar-refractivity contribution in [2.24, 2.45) is 5.73 Å². The molecule has 0 aromatic rings. The average molecular weight is 283 g/mol. The summed E-state index contributed by atoms with van der Waals surface area (Å²) < 4.78 is 6.04. The molecule has 0 amide bonds. The minimum absolute atomic E-state index is 0.00264. The standard InChI is InChI=1S/C16H33N3O/c1-5-15(2)12-16(13-17,8-11-20-15)19(4)14-6-9-18(3)10-7-14/h14H,5-13,17H2,1-4H3. The van der Waals surface area contributed by atoms with Gasteiger partial charge in [0, 0.05) is 24.7 Å². The Bertz CT molecular complexity index is 317. The van der Waals surface area contributed by atoms with E-state index in [-0.39, 0.29) is 11.1 Å². The smallest absolute Gasteiger partial charge is 0.0670 e. The molecule has 4 nitrogen and oxygen atoms in total. The first-order valence-electron chi connectivity index (χ1n) is 8.20. The molecule has 118 valence electrons. The van der Waals surface area contributed by atoms with Crippen molar-refractivity contribution >= 4 is 0 Å². The molecule has 20 heavy (non-hydrogen) atoms. The molecule has 2 heterocycles. The first-order valence-corrected chi connectivity index (χ1v) is 8.20. The second-order valence-electron chi connectivity index (χ2n) is 7.15. The van der Waals surface area contributed by atoms with Crippen LogP contribution in [0.25, 0.3) is 0 Å². The summed E-state index contributed by atoms with van der Waals surface area (Å²) in [7, 11) is 4.52. The van der Waals surface area contributed by atoms with Crippen LogP contribution in [0.1, 0.15) is 46.0 Å². The Morgan fingerprint density at radius 2 is 2.00 bits per heavy atom. The maximum atomic E-state index is 6.24. The topological polar surface area (TPSA) is 41.7 Å². The van der Waals surface area contributed by atoms with Gasteiger partial charge in [0.15, 0.2) is 0 Å². The van der Waals surface area contributed by atoms with Crippen LogP contribution in [-0.2, 0) is 4.74 Å². The zero-order valence-corrected chi connectivity index (χ0v) is 13.8.